The van der Waals surface area contributed by atoms with E-state index in [1.165, 1.54) is 44.4 Å². The van der Waals surface area contributed by atoms with Gasteiger partial charge in [0.1, 0.15) is 6.54 Å². The van der Waals surface area contributed by atoms with Gasteiger partial charge in [0.05, 0.1) is 19.7 Å². The molecule has 3 amide bonds. The maximum absolute atomic E-state index is 12.8. The molecule has 2 aliphatic heterocycles. The van der Waals surface area contributed by atoms with Crippen LogP contribution in [0.15, 0.2) is 0 Å². The fourth-order valence-corrected chi connectivity index (χ4v) is 4.43. The van der Waals surface area contributed by atoms with Crippen LogP contribution in [0.1, 0.15) is 66.7 Å². The molecule has 0 aromatic heterocycles. The zero-order valence-corrected chi connectivity index (χ0v) is 25.5. The lowest BCUT2D eigenvalue weighted by atomic mass is 10.0. The number of hydrogen-bond acceptors (Lipinski definition) is 7. The minimum Gasteiger partial charge on any atom is -0.468 e. The van der Waals surface area contributed by atoms with Gasteiger partial charge in [0.25, 0.3) is 0 Å². The molecule has 0 unspecified atom stereocenters. The topological polar surface area (TPSA) is 102 Å². The number of likely N-dealkylation sites (tertiary alicyclic amines) is 2. The van der Waals surface area contributed by atoms with Crippen LogP contribution in [0.4, 0.5) is 0 Å². The molecule has 2 aliphatic rings. The molecule has 10 heteroatoms. The monoisotopic (exact) mass is 541 g/mol. The number of piperidine rings is 1. The van der Waals surface area contributed by atoms with Crippen molar-refractivity contribution in [2.75, 3.05) is 67.5 Å². The molecule has 0 bridgehead atoms. The van der Waals surface area contributed by atoms with Crippen molar-refractivity contribution in [1.82, 2.24) is 24.9 Å². The number of esters is 1. The first kappa shape index (κ1) is 35.8. The van der Waals surface area contributed by atoms with Gasteiger partial charge < -0.3 is 24.8 Å². The average molecular weight is 542 g/mol. The summed E-state index contributed by atoms with van der Waals surface area (Å²) in [6, 6.07) is -0.400. The van der Waals surface area contributed by atoms with Crippen molar-refractivity contribution in [3.63, 3.8) is 0 Å². The number of carbonyl (C=O) groups is 4. The van der Waals surface area contributed by atoms with Crippen molar-refractivity contribution < 1.29 is 23.9 Å². The van der Waals surface area contributed by atoms with Gasteiger partial charge in [-0.3, -0.25) is 24.1 Å². The zero-order chi connectivity index (χ0) is 29.3. The standard InChI is InChI=1S/C18H32N4O5.C6H13N.C4H10/c1-13(2)15(21(4)16(24)9-19-12-23)10-22-8-6-7-14(22)18(26)20(3)11-17(25)27-5;1-7-5-3-2-4-6-7;1-4(2)3/h12-15H,6-11H2,1-5H3,(H,19,23);2-6H2,1H3;4H,1-3H3/t14-,15+;;/m0../s1. The number of methoxy groups -OCH3 is 1. The second kappa shape index (κ2) is 19.8. The second-order valence-electron chi connectivity index (χ2n) is 11.3. The van der Waals surface area contributed by atoms with Crippen LogP contribution >= 0.6 is 0 Å². The van der Waals surface area contributed by atoms with E-state index in [-0.39, 0.29) is 42.9 Å². The highest BCUT2D eigenvalue weighted by molar-refractivity contribution is 5.85. The van der Waals surface area contributed by atoms with E-state index < -0.39 is 5.97 Å². The van der Waals surface area contributed by atoms with Gasteiger partial charge >= 0.3 is 5.97 Å². The van der Waals surface area contributed by atoms with Crippen LogP contribution in [0, 0.1) is 11.8 Å². The number of amides is 3. The van der Waals surface area contributed by atoms with E-state index in [2.05, 4.69) is 47.7 Å². The lowest BCUT2D eigenvalue weighted by Crippen LogP contribution is -2.53. The maximum Gasteiger partial charge on any atom is 0.325 e. The van der Waals surface area contributed by atoms with Crippen LogP contribution in [0.5, 0.6) is 0 Å². The number of nitrogens with one attached hydrogen (secondary N) is 1. The van der Waals surface area contributed by atoms with Gasteiger partial charge in [-0.1, -0.05) is 41.0 Å². The van der Waals surface area contributed by atoms with Crippen LogP contribution in [0.2, 0.25) is 0 Å². The summed E-state index contributed by atoms with van der Waals surface area (Å²) in [6.07, 6.45) is 6.39. The summed E-state index contributed by atoms with van der Waals surface area (Å²) in [7, 11) is 6.80. The smallest absolute Gasteiger partial charge is 0.325 e. The molecule has 10 nitrogen and oxygen atoms in total. The van der Waals surface area contributed by atoms with Crippen LogP contribution in [-0.4, -0.2) is 123 Å². The molecule has 0 aliphatic carbocycles. The summed E-state index contributed by atoms with van der Waals surface area (Å²) >= 11 is 0. The molecular weight excluding hydrogens is 486 g/mol. The molecule has 0 aromatic rings. The van der Waals surface area contributed by atoms with Crippen molar-refractivity contribution >= 4 is 24.2 Å². The van der Waals surface area contributed by atoms with Gasteiger partial charge in [0, 0.05) is 26.7 Å². The Hall–Kier alpha value is -2.20. The second-order valence-corrected chi connectivity index (χ2v) is 11.3. The van der Waals surface area contributed by atoms with Crippen molar-refractivity contribution in [3.8, 4) is 0 Å². The Morgan fingerprint density at radius 3 is 2.03 bits per heavy atom. The number of ether oxygens (including phenoxy) is 1. The summed E-state index contributed by atoms with van der Waals surface area (Å²) < 4.78 is 4.63. The lowest BCUT2D eigenvalue weighted by Gasteiger charge is -2.36. The van der Waals surface area contributed by atoms with Crippen LogP contribution in [0.25, 0.3) is 0 Å². The molecule has 0 spiro atoms. The largest absolute Gasteiger partial charge is 0.468 e. The quantitative estimate of drug-likeness (QED) is 0.334. The molecule has 2 rings (SSSR count). The number of likely N-dealkylation sites (N-methyl/N-ethyl adjacent to an activating group) is 2. The Morgan fingerprint density at radius 2 is 1.58 bits per heavy atom. The Morgan fingerprint density at radius 1 is 1.00 bits per heavy atom. The fraction of sp³-hybridized carbons (Fsp3) is 0.857. The summed E-state index contributed by atoms with van der Waals surface area (Å²) in [6.45, 7) is 14.4. The highest BCUT2D eigenvalue weighted by Gasteiger charge is 2.36. The zero-order valence-electron chi connectivity index (χ0n) is 25.5. The van der Waals surface area contributed by atoms with Crippen molar-refractivity contribution in [1.29, 1.82) is 0 Å². The number of hydrogen-bond donors (Lipinski definition) is 1. The molecule has 222 valence electrons. The van der Waals surface area contributed by atoms with E-state index in [1.54, 1.807) is 19.0 Å². The van der Waals surface area contributed by atoms with E-state index in [1.807, 2.05) is 13.8 Å². The Labute approximate surface area is 231 Å². The minimum absolute atomic E-state index is 0.0482. The number of rotatable bonds is 10. The molecule has 1 N–H and O–H groups in total. The highest BCUT2D eigenvalue weighted by atomic mass is 16.5. The first-order valence-electron chi connectivity index (χ1n) is 14.0. The van der Waals surface area contributed by atoms with Gasteiger partial charge in [0.2, 0.25) is 18.2 Å². The average Bonchev–Trinajstić information content (AvgIpc) is 3.33. The van der Waals surface area contributed by atoms with E-state index in [0.717, 1.165) is 25.3 Å². The Kier molecular flexibility index (Phi) is 18.7. The van der Waals surface area contributed by atoms with Gasteiger partial charge in [-0.25, -0.2) is 0 Å². The van der Waals surface area contributed by atoms with Crippen LogP contribution in [-0.2, 0) is 23.9 Å². The van der Waals surface area contributed by atoms with E-state index >= 15 is 0 Å². The molecule has 2 fully saturated rings. The van der Waals surface area contributed by atoms with Crippen molar-refractivity contribution in [2.45, 2.75) is 78.8 Å². The molecular formula is C28H55N5O5. The molecule has 0 aromatic carbocycles. The minimum atomic E-state index is -0.455. The summed E-state index contributed by atoms with van der Waals surface area (Å²) in [5.74, 6) is 0.269. The van der Waals surface area contributed by atoms with Crippen molar-refractivity contribution in [3.05, 3.63) is 0 Å². The molecule has 38 heavy (non-hydrogen) atoms. The van der Waals surface area contributed by atoms with E-state index in [4.69, 9.17) is 0 Å². The van der Waals surface area contributed by atoms with Crippen LogP contribution < -0.4 is 5.32 Å². The third kappa shape index (κ3) is 14.7. The predicted octanol–water partition coefficient (Wildman–Crippen LogP) is 2.08. The Balaban J connectivity index is 0.00000102. The summed E-state index contributed by atoms with van der Waals surface area (Å²) in [5, 5.41) is 2.39. The molecule has 2 heterocycles. The normalized spacial score (nSPS) is 18.4. The Bertz CT molecular complexity index is 694. The van der Waals surface area contributed by atoms with E-state index in [9.17, 15) is 19.2 Å². The van der Waals surface area contributed by atoms with Gasteiger partial charge in [-0.05, 0) is 64.2 Å². The highest BCUT2D eigenvalue weighted by Crippen LogP contribution is 2.22. The number of carbonyl (C=O) groups excluding carboxylic acids is 4. The molecule has 0 radical (unpaired) electrons. The van der Waals surface area contributed by atoms with Crippen molar-refractivity contribution in [2.24, 2.45) is 11.8 Å². The first-order chi connectivity index (χ1) is 17.8. The summed E-state index contributed by atoms with van der Waals surface area (Å²) in [4.78, 5) is 54.4. The fourth-order valence-electron chi connectivity index (χ4n) is 4.43. The van der Waals surface area contributed by atoms with Gasteiger partial charge in [0.15, 0.2) is 0 Å². The van der Waals surface area contributed by atoms with E-state index in [0.29, 0.717) is 13.0 Å². The van der Waals surface area contributed by atoms with Gasteiger partial charge in [-0.2, -0.15) is 0 Å². The maximum atomic E-state index is 12.8. The third-order valence-corrected chi connectivity index (χ3v) is 6.62. The van der Waals surface area contributed by atoms with Crippen LogP contribution in [0.3, 0.4) is 0 Å². The predicted molar refractivity (Wildman–Crippen MR) is 152 cm³/mol. The summed E-state index contributed by atoms with van der Waals surface area (Å²) in [5.41, 5.74) is 0. The van der Waals surface area contributed by atoms with Gasteiger partial charge in [-0.15, -0.1) is 0 Å². The third-order valence-electron chi connectivity index (χ3n) is 6.62. The SMILES string of the molecule is CC(C)C.CN1CCCCC1.COC(=O)CN(C)C(=O)[C@@H]1CCCN1C[C@H](C(C)C)N(C)C(=O)CNC=O. The lowest BCUT2D eigenvalue weighted by molar-refractivity contribution is -0.147. The first-order valence-corrected chi connectivity index (χ1v) is 14.0. The molecule has 2 saturated heterocycles. The molecule has 2 atom stereocenters. The number of nitrogens with zero attached hydrogens (tertiary/aromatic N) is 4. The molecule has 0 saturated carbocycles.